The molecule has 2 bridgehead atoms. The van der Waals surface area contributed by atoms with Gasteiger partial charge in [-0.05, 0) is 93.9 Å². The number of carboxylic acid groups (broad SMARTS) is 1. The van der Waals surface area contributed by atoms with Gasteiger partial charge in [-0.15, -0.1) is 0 Å². The van der Waals surface area contributed by atoms with Crippen LogP contribution in [0.15, 0.2) is 41.1 Å². The smallest absolute Gasteiger partial charge is 0.337 e. The first-order valence-corrected chi connectivity index (χ1v) is 13.9. The van der Waals surface area contributed by atoms with Crippen molar-refractivity contribution in [1.29, 1.82) is 0 Å². The van der Waals surface area contributed by atoms with Crippen LogP contribution in [0.4, 0.5) is 0 Å². The van der Waals surface area contributed by atoms with E-state index in [4.69, 9.17) is 37.6 Å². The maximum Gasteiger partial charge on any atom is 0.337 e. The fourth-order valence-corrected chi connectivity index (χ4v) is 6.76. The highest BCUT2D eigenvalue weighted by Gasteiger charge is 2.49. The molecular weight excluding hydrogens is 511 g/mol. The lowest BCUT2D eigenvalue weighted by Crippen LogP contribution is -2.47. The van der Waals surface area contributed by atoms with Crippen LogP contribution in [0, 0.1) is 5.41 Å². The van der Waals surface area contributed by atoms with Crippen LogP contribution in [0.3, 0.4) is 0 Å². The van der Waals surface area contributed by atoms with Gasteiger partial charge in [0.1, 0.15) is 11.5 Å². The van der Waals surface area contributed by atoms with Gasteiger partial charge in [0.15, 0.2) is 0 Å². The highest BCUT2D eigenvalue weighted by molar-refractivity contribution is 6.39. The summed E-state index contributed by atoms with van der Waals surface area (Å²) in [6, 6.07) is 8.99. The molecule has 4 fully saturated rings. The Hall–Kier alpha value is -2.41. The van der Waals surface area contributed by atoms with Crippen molar-refractivity contribution in [2.75, 3.05) is 0 Å². The zero-order valence-electron chi connectivity index (χ0n) is 20.6. The molecule has 6 nitrogen and oxygen atoms in total. The van der Waals surface area contributed by atoms with Crippen LogP contribution in [0.25, 0.3) is 11.3 Å². The van der Waals surface area contributed by atoms with Gasteiger partial charge in [0.05, 0.1) is 27.8 Å². The number of carboxylic acids is 1. The monoisotopic (exact) mass is 540 g/mol. The van der Waals surface area contributed by atoms with Gasteiger partial charge in [-0.3, -0.25) is 4.98 Å². The van der Waals surface area contributed by atoms with Gasteiger partial charge in [-0.2, -0.15) is 0 Å². The number of aromatic nitrogens is 2. The molecular formula is C29H30Cl2N2O4. The Bertz CT molecular complexity index is 1270. The number of carbonyl (C=O) groups is 1. The van der Waals surface area contributed by atoms with Crippen LogP contribution in [0.5, 0.6) is 0 Å². The Morgan fingerprint density at radius 1 is 1.05 bits per heavy atom. The van der Waals surface area contributed by atoms with Gasteiger partial charge >= 0.3 is 5.97 Å². The molecule has 1 N–H and O–H groups in total. The number of rotatable bonds is 9. The molecule has 1 aromatic carbocycles. The van der Waals surface area contributed by atoms with Crippen molar-refractivity contribution < 1.29 is 19.2 Å². The number of nitrogens with zero attached hydrogens (tertiary/aromatic N) is 2. The van der Waals surface area contributed by atoms with Crippen LogP contribution in [-0.4, -0.2) is 26.8 Å². The summed E-state index contributed by atoms with van der Waals surface area (Å²) in [5.74, 6) is 0.387. The number of halogens is 2. The number of pyridine rings is 1. The topological polar surface area (TPSA) is 85.5 Å². The molecule has 0 spiro atoms. The van der Waals surface area contributed by atoms with Crippen LogP contribution >= 0.6 is 23.2 Å². The Labute approximate surface area is 226 Å². The van der Waals surface area contributed by atoms with E-state index in [1.54, 1.807) is 6.07 Å². The number of aromatic carboxylic acids is 1. The molecule has 4 aliphatic rings. The molecule has 4 aliphatic carbocycles. The maximum absolute atomic E-state index is 11.1. The van der Waals surface area contributed by atoms with Crippen LogP contribution in [-0.2, 0) is 17.8 Å². The zero-order valence-corrected chi connectivity index (χ0v) is 22.2. The molecule has 194 valence electrons. The third kappa shape index (κ3) is 4.91. The van der Waals surface area contributed by atoms with E-state index in [0.717, 1.165) is 81.2 Å². The first kappa shape index (κ1) is 24.9. The van der Waals surface area contributed by atoms with Gasteiger partial charge in [0.2, 0.25) is 0 Å². The van der Waals surface area contributed by atoms with Crippen molar-refractivity contribution in [3.63, 3.8) is 0 Å². The second kappa shape index (κ2) is 9.72. The molecule has 0 radical (unpaired) electrons. The summed E-state index contributed by atoms with van der Waals surface area (Å²) in [5.41, 5.74) is 3.82. The lowest BCUT2D eigenvalue weighted by Gasteiger charge is -2.53. The molecule has 4 saturated carbocycles. The van der Waals surface area contributed by atoms with E-state index < -0.39 is 5.97 Å². The second-order valence-corrected chi connectivity index (χ2v) is 11.9. The largest absolute Gasteiger partial charge is 0.478 e. The molecule has 0 amide bonds. The van der Waals surface area contributed by atoms with Crippen LogP contribution in [0.1, 0.15) is 91.1 Å². The van der Waals surface area contributed by atoms with E-state index in [2.05, 4.69) is 10.1 Å². The number of fused-ring (bicyclic) bond motifs is 3. The van der Waals surface area contributed by atoms with E-state index in [0.29, 0.717) is 39.2 Å². The van der Waals surface area contributed by atoms with E-state index >= 15 is 0 Å². The molecule has 0 saturated heterocycles. The minimum absolute atomic E-state index is 0.108. The average molecular weight is 541 g/mol. The molecule has 0 atom stereocenters. The summed E-state index contributed by atoms with van der Waals surface area (Å²) < 4.78 is 12.6. The molecule has 3 aromatic rings. The van der Waals surface area contributed by atoms with Gasteiger partial charge in [-0.25, -0.2) is 4.79 Å². The first-order chi connectivity index (χ1) is 17.9. The normalized spacial score (nSPS) is 24.9. The van der Waals surface area contributed by atoms with E-state index in [9.17, 15) is 4.79 Å². The minimum atomic E-state index is -0.939. The predicted octanol–water partition coefficient (Wildman–Crippen LogP) is 7.86. The zero-order chi connectivity index (χ0) is 25.6. The number of ether oxygens (including phenoxy) is 1. The Morgan fingerprint density at radius 2 is 1.76 bits per heavy atom. The van der Waals surface area contributed by atoms with E-state index in [-0.39, 0.29) is 11.2 Å². The summed E-state index contributed by atoms with van der Waals surface area (Å²) >= 11 is 13.0. The maximum atomic E-state index is 11.1. The summed E-state index contributed by atoms with van der Waals surface area (Å²) in [7, 11) is 0. The average Bonchev–Trinajstić information content (AvgIpc) is 3.68. The summed E-state index contributed by atoms with van der Waals surface area (Å²) in [6.07, 6.45) is 12.2. The fourth-order valence-electron chi connectivity index (χ4n) is 6.19. The Kier molecular flexibility index (Phi) is 6.54. The molecule has 0 unspecified atom stereocenters. The van der Waals surface area contributed by atoms with Gasteiger partial charge in [0.25, 0.3) is 0 Å². The summed E-state index contributed by atoms with van der Waals surface area (Å²) in [4.78, 5) is 15.4. The molecule has 37 heavy (non-hydrogen) atoms. The van der Waals surface area contributed by atoms with Crippen molar-refractivity contribution in [3.05, 3.63) is 69.2 Å². The quantitative estimate of drug-likeness (QED) is 0.297. The third-order valence-corrected chi connectivity index (χ3v) is 9.43. The van der Waals surface area contributed by atoms with Crippen LogP contribution < -0.4 is 0 Å². The lowest BCUT2D eigenvalue weighted by atomic mass is 9.57. The minimum Gasteiger partial charge on any atom is -0.478 e. The van der Waals surface area contributed by atoms with Crippen molar-refractivity contribution in [2.24, 2.45) is 5.41 Å². The number of hydrogen-bond acceptors (Lipinski definition) is 5. The number of hydrogen-bond donors (Lipinski definition) is 1. The highest BCUT2D eigenvalue weighted by atomic mass is 35.5. The second-order valence-electron chi connectivity index (χ2n) is 11.1. The van der Waals surface area contributed by atoms with Crippen molar-refractivity contribution >= 4 is 29.2 Å². The van der Waals surface area contributed by atoms with Crippen molar-refractivity contribution in [1.82, 2.24) is 10.1 Å². The van der Waals surface area contributed by atoms with Gasteiger partial charge in [-0.1, -0.05) is 34.4 Å². The summed E-state index contributed by atoms with van der Waals surface area (Å²) in [6.45, 7) is 0.457. The SMILES string of the molecule is O=C(O)c1ccc(CCC23CCC(OCc4c(-c5c(Cl)cccc5Cl)noc4C4CC4)(CC2)CC3)nc1. The Morgan fingerprint density at radius 3 is 2.35 bits per heavy atom. The van der Waals surface area contributed by atoms with E-state index in [1.165, 1.54) is 6.20 Å². The van der Waals surface area contributed by atoms with Crippen LogP contribution in [0.2, 0.25) is 10.0 Å². The van der Waals surface area contributed by atoms with Crippen molar-refractivity contribution in [2.45, 2.75) is 82.3 Å². The molecule has 0 aliphatic heterocycles. The van der Waals surface area contributed by atoms with Gasteiger partial charge in [0, 0.05) is 28.9 Å². The lowest BCUT2D eigenvalue weighted by molar-refractivity contribution is -0.145. The molecule has 2 heterocycles. The molecule has 8 heteroatoms. The third-order valence-electron chi connectivity index (χ3n) is 8.80. The van der Waals surface area contributed by atoms with Gasteiger partial charge < -0.3 is 14.4 Å². The standard InChI is InChI=1S/C29H30Cl2N2O4/c30-22-2-1-3-23(31)24(22)25-21(26(37-33-25)18-4-5-18)17-36-29-13-10-28(11-14-29,12-15-29)9-8-20-7-6-19(16-32-20)27(34)35/h1-3,6-7,16,18H,4-5,8-15,17H2,(H,34,35). The highest BCUT2D eigenvalue weighted by Crippen LogP contribution is 2.56. The predicted molar refractivity (Wildman–Crippen MR) is 141 cm³/mol. The van der Waals surface area contributed by atoms with Crippen molar-refractivity contribution in [3.8, 4) is 11.3 Å². The first-order valence-electron chi connectivity index (χ1n) is 13.1. The molecule has 2 aromatic heterocycles. The van der Waals surface area contributed by atoms with E-state index in [1.807, 2.05) is 24.3 Å². The number of aryl methyl sites for hydroxylation is 1. The Balaban J connectivity index is 1.13. The summed E-state index contributed by atoms with van der Waals surface area (Å²) in [5, 5.41) is 14.6. The number of benzene rings is 1. The fraction of sp³-hybridized carbons (Fsp3) is 0.483. The molecule has 7 rings (SSSR count).